The number of nitrogens with zero attached hydrogens (tertiary/aromatic N) is 3. The van der Waals surface area contributed by atoms with E-state index in [-0.39, 0.29) is 0 Å². The minimum absolute atomic E-state index is 0.301. The van der Waals surface area contributed by atoms with E-state index in [9.17, 15) is 4.79 Å². The molecule has 0 amide bonds. The van der Waals surface area contributed by atoms with Crippen LogP contribution in [0.5, 0.6) is 5.88 Å². The van der Waals surface area contributed by atoms with E-state index in [2.05, 4.69) is 15.0 Å². The lowest BCUT2D eigenvalue weighted by Gasteiger charge is -2.02. The second-order valence-electron chi connectivity index (χ2n) is 2.24. The van der Waals surface area contributed by atoms with Gasteiger partial charge >= 0.3 is 0 Å². The van der Waals surface area contributed by atoms with E-state index >= 15 is 0 Å². The van der Waals surface area contributed by atoms with Crippen molar-refractivity contribution in [2.75, 3.05) is 7.11 Å². The molecule has 1 aromatic rings. The number of methoxy groups -OCH3 is 1. The number of rotatable bonds is 3. The molecule has 0 fully saturated rings. The molecular weight excluding hydrogens is 170 g/mol. The molecule has 0 saturated carbocycles. The van der Waals surface area contributed by atoms with E-state index in [1.165, 1.54) is 19.4 Å². The third-order valence-corrected chi connectivity index (χ3v) is 1.46. The number of isocyanates is 1. The highest BCUT2D eigenvalue weighted by Gasteiger charge is 2.04. The van der Waals surface area contributed by atoms with Gasteiger partial charge in [-0.2, -0.15) is 9.98 Å². The van der Waals surface area contributed by atoms with Crippen molar-refractivity contribution >= 4 is 11.8 Å². The normalized spacial score (nSPS) is 9.08. The van der Waals surface area contributed by atoms with Crippen LogP contribution in [-0.2, 0) is 11.2 Å². The molecule has 68 valence electrons. The molecule has 1 aromatic heterocycles. The molecule has 1 heterocycles. The van der Waals surface area contributed by atoms with Gasteiger partial charge in [-0.3, -0.25) is 0 Å². The average Bonchev–Trinajstić information content (AvgIpc) is 2.19. The van der Waals surface area contributed by atoms with Gasteiger partial charge in [-0.1, -0.05) is 6.92 Å². The standard InChI is InChI=1S/C8H9N3O2/c1-3-7-9-4-6(10-5-12)8(11-7)13-2/h4H,3H2,1-2H3. The lowest BCUT2D eigenvalue weighted by Crippen LogP contribution is -1.95. The molecule has 0 atom stereocenters. The van der Waals surface area contributed by atoms with Crippen molar-refractivity contribution in [2.45, 2.75) is 13.3 Å². The smallest absolute Gasteiger partial charge is 0.244 e. The molecule has 0 saturated heterocycles. The quantitative estimate of drug-likeness (QED) is 0.513. The Kier molecular flexibility index (Phi) is 3.11. The van der Waals surface area contributed by atoms with Crippen LogP contribution in [0, 0.1) is 0 Å². The average molecular weight is 179 g/mol. The van der Waals surface area contributed by atoms with E-state index in [1.54, 1.807) is 0 Å². The van der Waals surface area contributed by atoms with E-state index in [1.807, 2.05) is 6.92 Å². The van der Waals surface area contributed by atoms with Crippen LogP contribution in [-0.4, -0.2) is 23.2 Å². The van der Waals surface area contributed by atoms with Gasteiger partial charge in [-0.25, -0.2) is 9.78 Å². The summed E-state index contributed by atoms with van der Waals surface area (Å²) in [5.41, 5.74) is 0.301. The molecule has 0 aliphatic rings. The highest BCUT2D eigenvalue weighted by Crippen LogP contribution is 2.22. The topological polar surface area (TPSA) is 64.4 Å². The van der Waals surface area contributed by atoms with Crippen LogP contribution >= 0.6 is 0 Å². The maximum absolute atomic E-state index is 9.99. The third-order valence-electron chi connectivity index (χ3n) is 1.46. The number of hydrogen-bond donors (Lipinski definition) is 0. The Morgan fingerprint density at radius 3 is 3.00 bits per heavy atom. The van der Waals surface area contributed by atoms with E-state index < -0.39 is 0 Å². The molecule has 13 heavy (non-hydrogen) atoms. The number of aliphatic imine (C=N–C) groups is 1. The minimum Gasteiger partial charge on any atom is -0.479 e. The van der Waals surface area contributed by atoms with Crippen molar-refractivity contribution < 1.29 is 9.53 Å². The fraction of sp³-hybridized carbons (Fsp3) is 0.375. The van der Waals surface area contributed by atoms with Crippen LogP contribution in [0.1, 0.15) is 12.7 Å². The maximum Gasteiger partial charge on any atom is 0.244 e. The van der Waals surface area contributed by atoms with Crippen molar-refractivity contribution in [3.05, 3.63) is 12.0 Å². The van der Waals surface area contributed by atoms with Crippen LogP contribution in [0.3, 0.4) is 0 Å². The summed E-state index contributed by atoms with van der Waals surface area (Å²) in [7, 11) is 1.46. The Morgan fingerprint density at radius 2 is 2.46 bits per heavy atom. The first-order chi connectivity index (χ1) is 6.31. The maximum atomic E-state index is 9.99. The van der Waals surface area contributed by atoms with Crippen molar-refractivity contribution in [3.63, 3.8) is 0 Å². The highest BCUT2D eigenvalue weighted by atomic mass is 16.5. The van der Waals surface area contributed by atoms with Crippen LogP contribution in [0.25, 0.3) is 0 Å². The third kappa shape index (κ3) is 2.10. The monoisotopic (exact) mass is 179 g/mol. The Morgan fingerprint density at radius 1 is 1.69 bits per heavy atom. The van der Waals surface area contributed by atoms with Gasteiger partial charge in [-0.05, 0) is 0 Å². The number of aromatic nitrogens is 2. The predicted molar refractivity (Wildman–Crippen MR) is 45.7 cm³/mol. The Labute approximate surface area is 75.5 Å². The number of ether oxygens (including phenoxy) is 1. The Balaban J connectivity index is 3.15. The summed E-state index contributed by atoms with van der Waals surface area (Å²) in [4.78, 5) is 21.4. The van der Waals surface area contributed by atoms with Gasteiger partial charge in [0.2, 0.25) is 12.0 Å². The zero-order valence-corrected chi connectivity index (χ0v) is 7.44. The van der Waals surface area contributed by atoms with Gasteiger partial charge in [0.15, 0.2) is 5.69 Å². The molecule has 0 aromatic carbocycles. The SMILES string of the molecule is CCc1ncc(N=C=O)c(OC)n1. The van der Waals surface area contributed by atoms with Gasteiger partial charge in [-0.15, -0.1) is 0 Å². The summed E-state index contributed by atoms with van der Waals surface area (Å²) < 4.78 is 4.92. The number of carbonyl (C=O) groups excluding carboxylic acids is 1. The lowest BCUT2D eigenvalue weighted by molar-refractivity contribution is 0.396. The van der Waals surface area contributed by atoms with Gasteiger partial charge in [0.1, 0.15) is 5.82 Å². The summed E-state index contributed by atoms with van der Waals surface area (Å²) in [5.74, 6) is 0.955. The number of aryl methyl sites for hydroxylation is 1. The van der Waals surface area contributed by atoms with Crippen LogP contribution in [0.2, 0.25) is 0 Å². The number of hydrogen-bond acceptors (Lipinski definition) is 5. The van der Waals surface area contributed by atoms with Crippen molar-refractivity contribution in [1.82, 2.24) is 9.97 Å². The second-order valence-corrected chi connectivity index (χ2v) is 2.24. The molecule has 1 rings (SSSR count). The molecular formula is C8H9N3O2. The second kappa shape index (κ2) is 4.33. The largest absolute Gasteiger partial charge is 0.479 e. The van der Waals surface area contributed by atoms with Crippen LogP contribution in [0.4, 0.5) is 5.69 Å². The van der Waals surface area contributed by atoms with E-state index in [4.69, 9.17) is 4.74 Å². The van der Waals surface area contributed by atoms with Crippen LogP contribution in [0.15, 0.2) is 11.2 Å². The molecule has 5 heteroatoms. The fourth-order valence-electron chi connectivity index (χ4n) is 0.841. The lowest BCUT2D eigenvalue weighted by atomic mass is 10.4. The van der Waals surface area contributed by atoms with Gasteiger partial charge in [0.25, 0.3) is 0 Å². The molecule has 0 unspecified atom stereocenters. The Hall–Kier alpha value is -1.74. The minimum atomic E-state index is 0.301. The van der Waals surface area contributed by atoms with E-state index in [0.29, 0.717) is 23.8 Å². The van der Waals surface area contributed by atoms with Crippen molar-refractivity contribution in [1.29, 1.82) is 0 Å². The van der Waals surface area contributed by atoms with Gasteiger partial charge in [0, 0.05) is 6.42 Å². The molecule has 0 aliphatic heterocycles. The van der Waals surface area contributed by atoms with Gasteiger partial charge < -0.3 is 4.74 Å². The molecule has 0 spiro atoms. The molecule has 0 radical (unpaired) electrons. The van der Waals surface area contributed by atoms with Crippen molar-refractivity contribution in [2.24, 2.45) is 4.99 Å². The zero-order valence-electron chi connectivity index (χ0n) is 7.44. The molecule has 0 aliphatic carbocycles. The summed E-state index contributed by atoms with van der Waals surface area (Å²) in [6.45, 7) is 1.93. The predicted octanol–water partition coefficient (Wildman–Crippen LogP) is 1.01. The molecule has 0 bridgehead atoms. The first-order valence-corrected chi connectivity index (χ1v) is 3.79. The van der Waals surface area contributed by atoms with E-state index in [0.717, 1.165) is 0 Å². The first kappa shape index (κ1) is 9.35. The Bertz CT molecular complexity index is 345. The first-order valence-electron chi connectivity index (χ1n) is 3.79. The summed E-state index contributed by atoms with van der Waals surface area (Å²) in [6.07, 6.45) is 3.56. The van der Waals surface area contributed by atoms with Gasteiger partial charge in [0.05, 0.1) is 13.3 Å². The van der Waals surface area contributed by atoms with Crippen molar-refractivity contribution in [3.8, 4) is 5.88 Å². The molecule has 5 nitrogen and oxygen atoms in total. The zero-order chi connectivity index (χ0) is 9.68. The summed E-state index contributed by atoms with van der Waals surface area (Å²) in [6, 6.07) is 0. The summed E-state index contributed by atoms with van der Waals surface area (Å²) in [5, 5.41) is 0. The fourth-order valence-corrected chi connectivity index (χ4v) is 0.841. The summed E-state index contributed by atoms with van der Waals surface area (Å²) >= 11 is 0. The van der Waals surface area contributed by atoms with Crippen LogP contribution < -0.4 is 4.74 Å². The molecule has 0 N–H and O–H groups in total. The highest BCUT2D eigenvalue weighted by molar-refractivity contribution is 5.53.